The number of alkyl halides is 3. The number of rotatable bonds is 13. The van der Waals surface area contributed by atoms with Crippen LogP contribution in [0.5, 0.6) is 5.75 Å². The monoisotopic (exact) mass is 646 g/mol. The minimum absolute atomic E-state index is 0.113. The van der Waals surface area contributed by atoms with Crippen molar-refractivity contribution in [1.82, 2.24) is 20.0 Å². The molecule has 3 N–H and O–H groups in total. The highest BCUT2D eigenvalue weighted by atomic mass is 19.4. The lowest BCUT2D eigenvalue weighted by atomic mass is 10.0. The SMILES string of the molecule is COc1cccc(-c2c(C)n(Cc3c(F)cccc3C(F)(F)F)c(=O)n(C[C@H](NNCCCC(=O)O)c3ccccc3)c2=O)c1F. The lowest BCUT2D eigenvalue weighted by molar-refractivity contribution is -0.138. The fourth-order valence-electron chi connectivity index (χ4n) is 5.09. The molecule has 0 amide bonds. The van der Waals surface area contributed by atoms with Crippen molar-refractivity contribution in [3.63, 3.8) is 0 Å². The fraction of sp³-hybridized carbons (Fsp3) is 0.281. The number of halogens is 5. The topological polar surface area (TPSA) is 115 Å². The molecule has 0 spiro atoms. The van der Waals surface area contributed by atoms with Crippen LogP contribution in [0.25, 0.3) is 11.1 Å². The van der Waals surface area contributed by atoms with Gasteiger partial charge in [0.05, 0.1) is 37.4 Å². The van der Waals surface area contributed by atoms with Gasteiger partial charge >= 0.3 is 17.8 Å². The number of benzene rings is 3. The number of aliphatic carboxylic acids is 1. The molecule has 1 heterocycles. The maximum absolute atomic E-state index is 15.6. The van der Waals surface area contributed by atoms with Gasteiger partial charge in [-0.2, -0.15) is 13.2 Å². The van der Waals surface area contributed by atoms with Crippen molar-refractivity contribution in [2.24, 2.45) is 0 Å². The van der Waals surface area contributed by atoms with E-state index in [0.717, 1.165) is 21.3 Å². The summed E-state index contributed by atoms with van der Waals surface area (Å²) in [6.45, 7) is 0.167. The molecule has 0 saturated carbocycles. The van der Waals surface area contributed by atoms with E-state index in [1.165, 1.54) is 32.2 Å². The number of ether oxygens (including phenoxy) is 1. The molecule has 4 rings (SSSR count). The summed E-state index contributed by atoms with van der Waals surface area (Å²) in [4.78, 5) is 38.9. The second-order valence-electron chi connectivity index (χ2n) is 10.4. The number of carboxylic acid groups (broad SMARTS) is 1. The van der Waals surface area contributed by atoms with Gasteiger partial charge in [-0.25, -0.2) is 19.0 Å². The third kappa shape index (κ3) is 7.51. The van der Waals surface area contributed by atoms with Crippen molar-refractivity contribution in [1.29, 1.82) is 0 Å². The van der Waals surface area contributed by atoms with Gasteiger partial charge in [0.15, 0.2) is 11.6 Å². The van der Waals surface area contributed by atoms with Crippen molar-refractivity contribution < 1.29 is 36.6 Å². The molecular formula is C32H31F5N4O5. The average Bonchev–Trinajstić information content (AvgIpc) is 3.01. The first-order valence-corrected chi connectivity index (χ1v) is 14.1. The highest BCUT2D eigenvalue weighted by Crippen LogP contribution is 2.34. The zero-order chi connectivity index (χ0) is 33.6. The summed E-state index contributed by atoms with van der Waals surface area (Å²) in [6.07, 6.45) is -4.82. The zero-order valence-corrected chi connectivity index (χ0v) is 24.8. The maximum atomic E-state index is 15.6. The van der Waals surface area contributed by atoms with E-state index in [-0.39, 0.29) is 42.0 Å². The Balaban J connectivity index is 1.92. The highest BCUT2D eigenvalue weighted by molar-refractivity contribution is 5.68. The van der Waals surface area contributed by atoms with Gasteiger partial charge in [0, 0.05) is 29.8 Å². The zero-order valence-electron chi connectivity index (χ0n) is 24.8. The Kier molecular flexibility index (Phi) is 10.7. The van der Waals surface area contributed by atoms with Crippen LogP contribution in [0, 0.1) is 18.6 Å². The summed E-state index contributed by atoms with van der Waals surface area (Å²) in [5, 5.41) is 8.92. The van der Waals surface area contributed by atoms with Gasteiger partial charge in [-0.15, -0.1) is 0 Å². The number of nitrogens with one attached hydrogen (secondary N) is 2. The summed E-state index contributed by atoms with van der Waals surface area (Å²) >= 11 is 0. The Bertz CT molecular complexity index is 1820. The molecule has 0 unspecified atom stereocenters. The van der Waals surface area contributed by atoms with Crippen LogP contribution in [0.1, 0.15) is 41.3 Å². The number of hydrogen-bond donors (Lipinski definition) is 3. The number of aromatic nitrogens is 2. The number of hydrogen-bond acceptors (Lipinski definition) is 6. The Morgan fingerprint density at radius 1 is 0.978 bits per heavy atom. The third-order valence-electron chi connectivity index (χ3n) is 7.42. The quantitative estimate of drug-likeness (QED) is 0.106. The second kappa shape index (κ2) is 14.5. The maximum Gasteiger partial charge on any atom is 0.416 e. The van der Waals surface area contributed by atoms with Gasteiger partial charge in [-0.1, -0.05) is 48.5 Å². The van der Waals surface area contributed by atoms with Gasteiger partial charge in [0.25, 0.3) is 5.56 Å². The van der Waals surface area contributed by atoms with Crippen molar-refractivity contribution in [2.45, 2.75) is 45.1 Å². The Morgan fingerprint density at radius 3 is 2.33 bits per heavy atom. The smallest absolute Gasteiger partial charge is 0.416 e. The van der Waals surface area contributed by atoms with E-state index in [4.69, 9.17) is 9.84 Å². The van der Waals surface area contributed by atoms with Crippen LogP contribution in [0.15, 0.2) is 76.3 Å². The van der Waals surface area contributed by atoms with E-state index < -0.39 is 65.3 Å². The van der Waals surface area contributed by atoms with Crippen molar-refractivity contribution in [2.75, 3.05) is 13.7 Å². The number of hydrazine groups is 1. The molecule has 0 aliphatic carbocycles. The number of carboxylic acids is 1. The van der Waals surface area contributed by atoms with Crippen LogP contribution in [-0.2, 0) is 24.1 Å². The summed E-state index contributed by atoms with van der Waals surface area (Å²) in [7, 11) is 1.21. The standard InChI is InChI=1S/C32H31F5N4O5/c1-19-28(21-11-6-14-26(46-2)29(21)34)30(44)41(18-25(20-9-4-3-5-10-20)39-38-16-8-15-27(42)43)31(45)40(19)17-22-23(32(35,36)37)12-7-13-24(22)33/h3-7,9-14,25,38-39H,8,15-18H2,1-2H3,(H,42,43)/t25-/m0/s1. The summed E-state index contributed by atoms with van der Waals surface area (Å²) in [6, 6.07) is 14.1. The lowest BCUT2D eigenvalue weighted by Gasteiger charge is -2.24. The molecule has 0 bridgehead atoms. The highest BCUT2D eigenvalue weighted by Gasteiger charge is 2.35. The Hall–Kier alpha value is -4.82. The van der Waals surface area contributed by atoms with E-state index in [0.29, 0.717) is 11.6 Å². The molecule has 0 fully saturated rings. The predicted molar refractivity (Wildman–Crippen MR) is 159 cm³/mol. The van der Waals surface area contributed by atoms with E-state index in [9.17, 15) is 31.9 Å². The second-order valence-corrected chi connectivity index (χ2v) is 10.4. The minimum Gasteiger partial charge on any atom is -0.494 e. The normalized spacial score (nSPS) is 12.2. The van der Waals surface area contributed by atoms with Crippen molar-refractivity contribution >= 4 is 5.97 Å². The van der Waals surface area contributed by atoms with E-state index in [2.05, 4.69) is 10.9 Å². The molecule has 3 aromatic carbocycles. The number of methoxy groups -OCH3 is 1. The first kappa shape index (κ1) is 34.1. The van der Waals surface area contributed by atoms with Crippen LogP contribution in [0.2, 0.25) is 0 Å². The first-order chi connectivity index (χ1) is 21.8. The molecule has 4 aromatic rings. The van der Waals surface area contributed by atoms with Crippen LogP contribution < -0.4 is 26.8 Å². The van der Waals surface area contributed by atoms with Gasteiger partial charge < -0.3 is 9.84 Å². The molecule has 46 heavy (non-hydrogen) atoms. The van der Waals surface area contributed by atoms with Crippen molar-refractivity contribution in [3.05, 3.63) is 122 Å². The molecule has 1 atom stereocenters. The first-order valence-electron chi connectivity index (χ1n) is 14.1. The van der Waals surface area contributed by atoms with Crippen LogP contribution in [-0.4, -0.2) is 33.9 Å². The van der Waals surface area contributed by atoms with E-state index in [1.54, 1.807) is 30.3 Å². The van der Waals surface area contributed by atoms with Gasteiger partial charge in [0.2, 0.25) is 0 Å². The molecule has 0 radical (unpaired) electrons. The molecule has 1 aromatic heterocycles. The summed E-state index contributed by atoms with van der Waals surface area (Å²) in [5.41, 5.74) is 1.51. The molecular weight excluding hydrogens is 615 g/mol. The summed E-state index contributed by atoms with van der Waals surface area (Å²) < 4.78 is 78.9. The summed E-state index contributed by atoms with van der Waals surface area (Å²) in [5.74, 6) is -3.37. The molecule has 0 saturated heterocycles. The van der Waals surface area contributed by atoms with Crippen LogP contribution in [0.3, 0.4) is 0 Å². The number of carbonyl (C=O) groups is 1. The molecule has 244 valence electrons. The van der Waals surface area contributed by atoms with Gasteiger partial charge in [-0.3, -0.25) is 24.1 Å². The van der Waals surface area contributed by atoms with Crippen LogP contribution >= 0.6 is 0 Å². The number of nitrogens with zero attached hydrogens (tertiary/aromatic N) is 2. The fourth-order valence-corrected chi connectivity index (χ4v) is 5.09. The average molecular weight is 647 g/mol. The molecule has 14 heteroatoms. The molecule has 0 aliphatic heterocycles. The minimum atomic E-state index is -4.96. The third-order valence-corrected chi connectivity index (χ3v) is 7.42. The van der Waals surface area contributed by atoms with Gasteiger partial charge in [-0.05, 0) is 37.1 Å². The van der Waals surface area contributed by atoms with Crippen molar-refractivity contribution in [3.8, 4) is 16.9 Å². The predicted octanol–water partition coefficient (Wildman–Crippen LogP) is 5.04. The van der Waals surface area contributed by atoms with E-state index in [1.807, 2.05) is 0 Å². The lowest BCUT2D eigenvalue weighted by Crippen LogP contribution is -2.46. The Morgan fingerprint density at radius 2 is 1.67 bits per heavy atom. The molecule has 0 aliphatic rings. The molecule has 9 nitrogen and oxygen atoms in total. The van der Waals surface area contributed by atoms with Crippen LogP contribution in [0.4, 0.5) is 22.0 Å². The van der Waals surface area contributed by atoms with E-state index >= 15 is 4.39 Å². The largest absolute Gasteiger partial charge is 0.494 e. The Labute approximate surface area is 259 Å². The van der Waals surface area contributed by atoms with Gasteiger partial charge in [0.1, 0.15) is 5.82 Å².